The number of carbonyl (C=O) groups excluding carboxylic acids is 1. The Labute approximate surface area is 174 Å². The Balaban J connectivity index is 1.85. The zero-order valence-corrected chi connectivity index (χ0v) is 17.1. The van der Waals surface area contributed by atoms with E-state index in [4.69, 9.17) is 17.0 Å². The molecule has 0 aliphatic heterocycles. The van der Waals surface area contributed by atoms with Crippen molar-refractivity contribution in [2.45, 2.75) is 20.3 Å². The van der Waals surface area contributed by atoms with Crippen molar-refractivity contribution in [1.29, 1.82) is 0 Å². The van der Waals surface area contributed by atoms with Crippen LogP contribution in [0.2, 0.25) is 0 Å². The molecule has 152 valence electrons. The topological polar surface area (TPSA) is 93.5 Å². The molecule has 0 aromatic heterocycles. The maximum Gasteiger partial charge on any atom is 0.269 e. The van der Waals surface area contributed by atoms with Crippen molar-refractivity contribution in [2.75, 3.05) is 11.9 Å². The number of nitrogens with one attached hydrogen (secondary N) is 2. The number of carbonyl (C=O) groups is 1. The fourth-order valence-electron chi connectivity index (χ4n) is 2.27. The van der Waals surface area contributed by atoms with Gasteiger partial charge in [-0.25, -0.2) is 0 Å². The Hall–Kier alpha value is -3.26. The van der Waals surface area contributed by atoms with Crippen LogP contribution in [-0.2, 0) is 4.79 Å². The van der Waals surface area contributed by atoms with E-state index in [9.17, 15) is 14.9 Å². The highest BCUT2D eigenvalue weighted by Crippen LogP contribution is 2.18. The van der Waals surface area contributed by atoms with Crippen LogP contribution in [0.3, 0.4) is 0 Å². The number of hydrogen-bond donors (Lipinski definition) is 2. The predicted octanol–water partition coefficient (Wildman–Crippen LogP) is 4.55. The number of ether oxygens (including phenoxy) is 1. The average Bonchev–Trinajstić information content (AvgIpc) is 2.66. The van der Waals surface area contributed by atoms with Crippen LogP contribution in [0.1, 0.15) is 25.8 Å². The van der Waals surface area contributed by atoms with Crippen molar-refractivity contribution in [3.8, 4) is 5.75 Å². The summed E-state index contributed by atoms with van der Waals surface area (Å²) in [5.41, 5.74) is 1.36. The van der Waals surface area contributed by atoms with Gasteiger partial charge in [0.1, 0.15) is 5.75 Å². The Bertz CT molecular complexity index is 895. The third kappa shape index (κ3) is 8.10. The lowest BCUT2D eigenvalue weighted by Crippen LogP contribution is -2.32. The van der Waals surface area contributed by atoms with E-state index in [0.717, 1.165) is 12.2 Å². The zero-order chi connectivity index (χ0) is 21.2. The van der Waals surface area contributed by atoms with Gasteiger partial charge in [0.05, 0.1) is 11.5 Å². The van der Waals surface area contributed by atoms with Crippen LogP contribution in [0.25, 0.3) is 6.08 Å². The molecule has 0 aliphatic rings. The van der Waals surface area contributed by atoms with Gasteiger partial charge in [0.25, 0.3) is 5.69 Å². The highest BCUT2D eigenvalue weighted by atomic mass is 32.1. The lowest BCUT2D eigenvalue weighted by Gasteiger charge is -2.11. The summed E-state index contributed by atoms with van der Waals surface area (Å²) in [6.07, 6.45) is 3.82. The van der Waals surface area contributed by atoms with Gasteiger partial charge in [0.15, 0.2) is 5.11 Å². The summed E-state index contributed by atoms with van der Waals surface area (Å²) in [6, 6.07) is 13.2. The Morgan fingerprint density at radius 2 is 1.97 bits per heavy atom. The summed E-state index contributed by atoms with van der Waals surface area (Å²) >= 11 is 5.16. The molecule has 2 N–H and O–H groups in total. The standard InChI is InChI=1S/C21H23N3O4S/c1-15(2)12-13-28-19-5-3-4-17(14-19)22-21(29)23-20(25)11-8-16-6-9-18(10-7-16)24(26)27/h3-11,14-15H,12-13H2,1-2H3,(H2,22,23,25,29)/b11-8+. The molecule has 1 amide bonds. The lowest BCUT2D eigenvalue weighted by atomic mass is 10.1. The van der Waals surface area contributed by atoms with Gasteiger partial charge in [0.2, 0.25) is 5.91 Å². The molecule has 2 aromatic rings. The molecular formula is C21H23N3O4S. The van der Waals surface area contributed by atoms with Crippen LogP contribution in [0.4, 0.5) is 11.4 Å². The average molecular weight is 413 g/mol. The van der Waals surface area contributed by atoms with Crippen molar-refractivity contribution >= 4 is 40.7 Å². The highest BCUT2D eigenvalue weighted by Gasteiger charge is 2.05. The molecule has 0 bridgehead atoms. The molecular weight excluding hydrogens is 390 g/mol. The molecule has 0 radical (unpaired) electrons. The van der Waals surface area contributed by atoms with Gasteiger partial charge in [-0.2, -0.15) is 0 Å². The van der Waals surface area contributed by atoms with Crippen molar-refractivity contribution < 1.29 is 14.5 Å². The fraction of sp³-hybridized carbons (Fsp3) is 0.238. The summed E-state index contributed by atoms with van der Waals surface area (Å²) in [5.74, 6) is 0.881. The summed E-state index contributed by atoms with van der Waals surface area (Å²) in [7, 11) is 0. The molecule has 8 heteroatoms. The lowest BCUT2D eigenvalue weighted by molar-refractivity contribution is -0.384. The summed E-state index contributed by atoms with van der Waals surface area (Å²) in [4.78, 5) is 22.2. The van der Waals surface area contributed by atoms with Gasteiger partial charge in [-0.1, -0.05) is 19.9 Å². The van der Waals surface area contributed by atoms with E-state index in [1.165, 1.54) is 18.2 Å². The molecule has 2 aromatic carbocycles. The first-order valence-electron chi connectivity index (χ1n) is 9.11. The number of benzene rings is 2. The number of anilines is 1. The van der Waals surface area contributed by atoms with Crippen molar-refractivity contribution in [1.82, 2.24) is 5.32 Å². The third-order valence-electron chi connectivity index (χ3n) is 3.82. The number of non-ortho nitro benzene ring substituents is 1. The van der Waals surface area contributed by atoms with Gasteiger partial charge >= 0.3 is 0 Å². The monoisotopic (exact) mass is 413 g/mol. The van der Waals surface area contributed by atoms with Crippen LogP contribution >= 0.6 is 12.2 Å². The largest absolute Gasteiger partial charge is 0.494 e. The maximum atomic E-state index is 12.0. The molecule has 0 atom stereocenters. The van der Waals surface area contributed by atoms with E-state index in [2.05, 4.69) is 24.5 Å². The number of nitrogens with zero attached hydrogens (tertiary/aromatic N) is 1. The second-order valence-corrected chi connectivity index (χ2v) is 7.09. The first kappa shape index (κ1) is 22.0. The molecule has 0 spiro atoms. The smallest absolute Gasteiger partial charge is 0.269 e. The van der Waals surface area contributed by atoms with E-state index >= 15 is 0 Å². The summed E-state index contributed by atoms with van der Waals surface area (Å²) in [6.45, 7) is 4.91. The predicted molar refractivity (Wildman–Crippen MR) is 118 cm³/mol. The normalized spacial score (nSPS) is 10.7. The maximum absolute atomic E-state index is 12.0. The van der Waals surface area contributed by atoms with E-state index in [0.29, 0.717) is 23.8 Å². The van der Waals surface area contributed by atoms with Gasteiger partial charge in [-0.05, 0) is 60.5 Å². The Morgan fingerprint density at radius 3 is 2.62 bits per heavy atom. The summed E-state index contributed by atoms with van der Waals surface area (Å²) in [5, 5.41) is 16.3. The van der Waals surface area contributed by atoms with Gasteiger partial charge in [0, 0.05) is 30.0 Å². The molecule has 0 heterocycles. The number of amides is 1. The van der Waals surface area contributed by atoms with Crippen molar-refractivity contribution in [2.24, 2.45) is 5.92 Å². The van der Waals surface area contributed by atoms with Gasteiger partial charge < -0.3 is 10.1 Å². The van der Waals surface area contributed by atoms with Crippen LogP contribution in [0.5, 0.6) is 5.75 Å². The number of thiocarbonyl (C=S) groups is 1. The Morgan fingerprint density at radius 1 is 1.24 bits per heavy atom. The second-order valence-electron chi connectivity index (χ2n) is 6.68. The zero-order valence-electron chi connectivity index (χ0n) is 16.3. The van der Waals surface area contributed by atoms with Crippen LogP contribution in [0, 0.1) is 16.0 Å². The van der Waals surface area contributed by atoms with Gasteiger partial charge in [-0.3, -0.25) is 20.2 Å². The molecule has 2 rings (SSSR count). The molecule has 0 fully saturated rings. The number of nitro groups is 1. The number of nitro benzene ring substituents is 1. The van der Waals surface area contributed by atoms with Crippen LogP contribution < -0.4 is 15.4 Å². The molecule has 0 aliphatic carbocycles. The van der Waals surface area contributed by atoms with Gasteiger partial charge in [-0.15, -0.1) is 0 Å². The SMILES string of the molecule is CC(C)CCOc1cccc(NC(=S)NC(=O)/C=C/c2ccc([N+](=O)[O-])cc2)c1. The molecule has 29 heavy (non-hydrogen) atoms. The fourth-order valence-corrected chi connectivity index (χ4v) is 2.49. The van der Waals surface area contributed by atoms with E-state index in [1.54, 1.807) is 18.2 Å². The quantitative estimate of drug-likeness (QED) is 0.285. The van der Waals surface area contributed by atoms with Crippen molar-refractivity contribution in [3.63, 3.8) is 0 Å². The number of rotatable bonds is 8. The molecule has 0 saturated heterocycles. The second kappa shape index (κ2) is 10.9. The van der Waals surface area contributed by atoms with E-state index in [1.807, 2.05) is 24.3 Å². The van der Waals surface area contributed by atoms with E-state index in [-0.39, 0.29) is 10.8 Å². The summed E-state index contributed by atoms with van der Waals surface area (Å²) < 4.78 is 5.71. The van der Waals surface area contributed by atoms with E-state index < -0.39 is 10.8 Å². The van der Waals surface area contributed by atoms with Crippen molar-refractivity contribution in [3.05, 3.63) is 70.3 Å². The minimum absolute atomic E-state index is 0.00704. The van der Waals surface area contributed by atoms with Crippen LogP contribution in [0.15, 0.2) is 54.6 Å². The highest BCUT2D eigenvalue weighted by molar-refractivity contribution is 7.80. The third-order valence-corrected chi connectivity index (χ3v) is 4.03. The molecule has 0 unspecified atom stereocenters. The number of hydrogen-bond acceptors (Lipinski definition) is 5. The minimum atomic E-state index is -0.478. The Kier molecular flexibility index (Phi) is 8.29. The minimum Gasteiger partial charge on any atom is -0.494 e. The molecule has 0 saturated carbocycles. The van der Waals surface area contributed by atoms with Crippen LogP contribution in [-0.4, -0.2) is 22.5 Å². The first-order valence-corrected chi connectivity index (χ1v) is 9.51. The first-order chi connectivity index (χ1) is 13.8. The molecule has 7 nitrogen and oxygen atoms in total.